The van der Waals surface area contributed by atoms with Crippen LogP contribution in [0.1, 0.15) is 5.56 Å². The molecular formula is C19H17NO4S. The second-order valence-electron chi connectivity index (χ2n) is 5.30. The van der Waals surface area contributed by atoms with E-state index >= 15 is 0 Å². The highest BCUT2D eigenvalue weighted by atomic mass is 32.1. The van der Waals surface area contributed by atoms with E-state index in [1.807, 2.05) is 47.8 Å². The Bertz CT molecular complexity index is 860. The molecule has 6 heteroatoms. The van der Waals surface area contributed by atoms with E-state index in [4.69, 9.17) is 9.47 Å². The molecule has 0 radical (unpaired) electrons. The van der Waals surface area contributed by atoms with Gasteiger partial charge in [-0.05, 0) is 29.0 Å². The number of para-hydroxylation sites is 1. The Morgan fingerprint density at radius 1 is 1.00 bits per heavy atom. The Labute approximate surface area is 149 Å². The lowest BCUT2D eigenvalue weighted by atomic mass is 10.2. The third-order valence-corrected chi connectivity index (χ3v) is 4.51. The van der Waals surface area contributed by atoms with E-state index in [0.29, 0.717) is 5.75 Å². The van der Waals surface area contributed by atoms with E-state index in [1.54, 1.807) is 23.5 Å². The first-order chi connectivity index (χ1) is 12.2. The van der Waals surface area contributed by atoms with Crippen LogP contribution in [0.25, 0.3) is 10.1 Å². The van der Waals surface area contributed by atoms with Gasteiger partial charge in [-0.25, -0.2) is 0 Å². The monoisotopic (exact) mass is 355 g/mol. The Morgan fingerprint density at radius 2 is 1.76 bits per heavy atom. The van der Waals surface area contributed by atoms with Gasteiger partial charge in [-0.3, -0.25) is 9.59 Å². The molecular weight excluding hydrogens is 338 g/mol. The van der Waals surface area contributed by atoms with Crippen LogP contribution in [0, 0.1) is 0 Å². The van der Waals surface area contributed by atoms with Crippen LogP contribution in [0.3, 0.4) is 0 Å². The number of carbonyl (C=O) groups excluding carboxylic acids is 2. The summed E-state index contributed by atoms with van der Waals surface area (Å²) < 4.78 is 11.7. The quantitative estimate of drug-likeness (QED) is 0.661. The third kappa shape index (κ3) is 4.81. The number of rotatable bonds is 7. The van der Waals surface area contributed by atoms with E-state index < -0.39 is 5.97 Å². The number of esters is 1. The molecule has 3 aromatic rings. The molecule has 0 spiro atoms. The molecule has 0 unspecified atom stereocenters. The second kappa shape index (κ2) is 8.30. The molecule has 128 valence electrons. The minimum atomic E-state index is -0.483. The minimum Gasteiger partial charge on any atom is -0.484 e. The molecule has 2 aromatic carbocycles. The zero-order valence-corrected chi connectivity index (χ0v) is 14.3. The average molecular weight is 355 g/mol. The number of fused-ring (bicyclic) bond motifs is 1. The number of nitrogens with one attached hydrogen (secondary N) is 1. The molecule has 0 aliphatic carbocycles. The van der Waals surface area contributed by atoms with Gasteiger partial charge in [0.15, 0.2) is 6.61 Å². The fraction of sp³-hybridized carbons (Fsp3) is 0.158. The van der Waals surface area contributed by atoms with Gasteiger partial charge in [0, 0.05) is 10.3 Å². The fourth-order valence-corrected chi connectivity index (χ4v) is 3.19. The number of hydrogen-bond donors (Lipinski definition) is 1. The van der Waals surface area contributed by atoms with Gasteiger partial charge in [0.2, 0.25) is 0 Å². The molecule has 5 nitrogen and oxygen atoms in total. The van der Waals surface area contributed by atoms with E-state index in [1.165, 1.54) is 0 Å². The smallest absolute Gasteiger partial charge is 0.325 e. The minimum absolute atomic E-state index is 0.146. The normalized spacial score (nSPS) is 10.4. The van der Waals surface area contributed by atoms with E-state index in [0.717, 1.165) is 15.6 Å². The molecule has 0 fully saturated rings. The van der Waals surface area contributed by atoms with E-state index in [-0.39, 0.29) is 25.7 Å². The zero-order chi connectivity index (χ0) is 17.5. The Hall–Kier alpha value is -2.86. The van der Waals surface area contributed by atoms with Crippen LogP contribution in [-0.4, -0.2) is 25.0 Å². The van der Waals surface area contributed by atoms with Crippen molar-refractivity contribution in [1.29, 1.82) is 0 Å². The zero-order valence-electron chi connectivity index (χ0n) is 13.4. The van der Waals surface area contributed by atoms with Gasteiger partial charge in [0.25, 0.3) is 5.91 Å². The maximum absolute atomic E-state index is 11.8. The topological polar surface area (TPSA) is 64.6 Å². The number of benzene rings is 2. The van der Waals surface area contributed by atoms with Gasteiger partial charge >= 0.3 is 5.97 Å². The number of amides is 1. The van der Waals surface area contributed by atoms with Crippen LogP contribution in [0.4, 0.5) is 0 Å². The summed E-state index contributed by atoms with van der Waals surface area (Å²) in [6.45, 7) is -0.134. The summed E-state index contributed by atoms with van der Waals surface area (Å²) in [7, 11) is 0. The van der Waals surface area contributed by atoms with Crippen LogP contribution in [0.5, 0.6) is 5.75 Å². The van der Waals surface area contributed by atoms with Crippen molar-refractivity contribution in [2.24, 2.45) is 0 Å². The molecule has 0 aliphatic heterocycles. The summed E-state index contributed by atoms with van der Waals surface area (Å²) >= 11 is 1.61. The molecule has 0 atom stereocenters. The van der Waals surface area contributed by atoms with E-state index in [9.17, 15) is 9.59 Å². The summed E-state index contributed by atoms with van der Waals surface area (Å²) in [6.07, 6.45) is 0. The lowest BCUT2D eigenvalue weighted by Crippen LogP contribution is -2.34. The first-order valence-corrected chi connectivity index (χ1v) is 8.65. The maximum Gasteiger partial charge on any atom is 0.325 e. The third-order valence-electron chi connectivity index (χ3n) is 3.49. The molecule has 0 saturated heterocycles. The van der Waals surface area contributed by atoms with Gasteiger partial charge in [-0.1, -0.05) is 36.4 Å². The Kier molecular flexibility index (Phi) is 5.64. The molecule has 0 aliphatic rings. The average Bonchev–Trinajstić information content (AvgIpc) is 3.07. The summed E-state index contributed by atoms with van der Waals surface area (Å²) in [5, 5.41) is 5.54. The maximum atomic E-state index is 11.8. The lowest BCUT2D eigenvalue weighted by Gasteiger charge is -2.07. The number of thiophene rings is 1. The summed E-state index contributed by atoms with van der Waals surface area (Å²) in [5.74, 6) is -0.255. The first kappa shape index (κ1) is 17.0. The highest BCUT2D eigenvalue weighted by Gasteiger charge is 2.09. The Balaban J connectivity index is 1.40. The van der Waals surface area contributed by atoms with Crippen molar-refractivity contribution >= 4 is 33.3 Å². The molecule has 0 bridgehead atoms. The van der Waals surface area contributed by atoms with Gasteiger partial charge in [0.1, 0.15) is 18.9 Å². The highest BCUT2D eigenvalue weighted by molar-refractivity contribution is 7.17. The Morgan fingerprint density at radius 3 is 2.60 bits per heavy atom. The van der Waals surface area contributed by atoms with Crippen LogP contribution >= 0.6 is 11.3 Å². The molecule has 1 aromatic heterocycles. The van der Waals surface area contributed by atoms with Crippen LogP contribution in [0.15, 0.2) is 60.0 Å². The number of ether oxygens (including phenoxy) is 2. The van der Waals surface area contributed by atoms with E-state index in [2.05, 4.69) is 5.32 Å². The molecule has 1 N–H and O–H groups in total. The first-order valence-electron chi connectivity index (χ1n) is 7.77. The molecule has 1 amide bonds. The van der Waals surface area contributed by atoms with Crippen molar-refractivity contribution in [3.63, 3.8) is 0 Å². The largest absolute Gasteiger partial charge is 0.484 e. The standard InChI is InChI=1S/C19H17NO4S/c21-18(12-23-15-6-2-1-3-7-15)20-10-19(22)24-11-14-13-25-17-9-5-4-8-16(14)17/h1-9,13H,10-12H2,(H,20,21). The van der Waals surface area contributed by atoms with Crippen LogP contribution in [-0.2, 0) is 20.9 Å². The van der Waals surface area contributed by atoms with Gasteiger partial charge in [-0.15, -0.1) is 11.3 Å². The van der Waals surface area contributed by atoms with Gasteiger partial charge in [-0.2, -0.15) is 0 Å². The van der Waals surface area contributed by atoms with Crippen LogP contribution in [0.2, 0.25) is 0 Å². The van der Waals surface area contributed by atoms with Crippen LogP contribution < -0.4 is 10.1 Å². The molecule has 25 heavy (non-hydrogen) atoms. The molecule has 1 heterocycles. The fourth-order valence-electron chi connectivity index (χ4n) is 2.24. The number of carbonyl (C=O) groups is 2. The second-order valence-corrected chi connectivity index (χ2v) is 6.21. The summed E-state index contributed by atoms with van der Waals surface area (Å²) in [4.78, 5) is 23.5. The van der Waals surface area contributed by atoms with Crippen molar-refractivity contribution in [1.82, 2.24) is 5.32 Å². The van der Waals surface area contributed by atoms with Crippen molar-refractivity contribution in [2.75, 3.05) is 13.2 Å². The number of hydrogen-bond acceptors (Lipinski definition) is 5. The van der Waals surface area contributed by atoms with Gasteiger partial charge < -0.3 is 14.8 Å². The summed E-state index contributed by atoms with van der Waals surface area (Å²) in [5.41, 5.74) is 0.965. The predicted octanol–water partition coefficient (Wildman–Crippen LogP) is 3.14. The highest BCUT2D eigenvalue weighted by Crippen LogP contribution is 2.26. The van der Waals surface area contributed by atoms with Crippen molar-refractivity contribution in [3.8, 4) is 5.75 Å². The molecule has 3 rings (SSSR count). The molecule has 0 saturated carbocycles. The lowest BCUT2D eigenvalue weighted by molar-refractivity contribution is -0.145. The van der Waals surface area contributed by atoms with Crippen molar-refractivity contribution in [2.45, 2.75) is 6.61 Å². The SMILES string of the molecule is O=C(COc1ccccc1)NCC(=O)OCc1csc2ccccc12. The van der Waals surface area contributed by atoms with Crippen molar-refractivity contribution in [3.05, 3.63) is 65.5 Å². The van der Waals surface area contributed by atoms with Gasteiger partial charge in [0.05, 0.1) is 0 Å². The summed E-state index contributed by atoms with van der Waals surface area (Å²) in [6, 6.07) is 17.0. The van der Waals surface area contributed by atoms with Crippen molar-refractivity contribution < 1.29 is 19.1 Å². The predicted molar refractivity (Wildman–Crippen MR) is 96.6 cm³/mol.